The van der Waals surface area contributed by atoms with E-state index in [4.69, 9.17) is 4.74 Å². The van der Waals surface area contributed by atoms with Crippen molar-refractivity contribution in [2.24, 2.45) is 5.92 Å². The summed E-state index contributed by atoms with van der Waals surface area (Å²) >= 11 is 0. The number of hydrogen-bond donors (Lipinski definition) is 1. The van der Waals surface area contributed by atoms with Crippen LogP contribution in [0.3, 0.4) is 0 Å². The Bertz CT molecular complexity index is 186. The van der Waals surface area contributed by atoms with Gasteiger partial charge in [0.2, 0.25) is 0 Å². The van der Waals surface area contributed by atoms with Crippen molar-refractivity contribution in [2.75, 3.05) is 13.2 Å². The smallest absolute Gasteiger partial charge is 0.407 e. The summed E-state index contributed by atoms with van der Waals surface area (Å²) in [5.41, 5.74) is 0. The third kappa shape index (κ3) is 5.99. The van der Waals surface area contributed by atoms with Crippen molar-refractivity contribution in [1.82, 2.24) is 5.32 Å². The molecule has 0 heterocycles. The molecule has 1 rings (SSSR count). The Morgan fingerprint density at radius 3 is 2.56 bits per heavy atom. The molecule has 0 aliphatic heterocycles. The van der Waals surface area contributed by atoms with Crippen LogP contribution in [-0.2, 0) is 4.74 Å². The standard InChI is InChI=1S/C13H25NO2/c1-2-16-13(15)14-11-7-10-12-8-5-3-4-6-9-12/h12H,2-11H2,1H3,(H,14,15). The fourth-order valence-electron chi connectivity index (χ4n) is 2.42. The minimum Gasteiger partial charge on any atom is -0.450 e. The molecule has 0 bridgehead atoms. The lowest BCUT2D eigenvalue weighted by Crippen LogP contribution is -2.25. The lowest BCUT2D eigenvalue weighted by Gasteiger charge is -2.13. The molecule has 1 fully saturated rings. The molecule has 0 atom stereocenters. The largest absolute Gasteiger partial charge is 0.450 e. The van der Waals surface area contributed by atoms with Gasteiger partial charge in [-0.25, -0.2) is 4.79 Å². The van der Waals surface area contributed by atoms with Gasteiger partial charge in [-0.05, 0) is 25.7 Å². The van der Waals surface area contributed by atoms with E-state index in [-0.39, 0.29) is 6.09 Å². The van der Waals surface area contributed by atoms with Gasteiger partial charge in [0.1, 0.15) is 0 Å². The normalized spacial score (nSPS) is 17.8. The number of nitrogens with one attached hydrogen (secondary N) is 1. The fourth-order valence-corrected chi connectivity index (χ4v) is 2.42. The van der Waals surface area contributed by atoms with Gasteiger partial charge >= 0.3 is 6.09 Å². The predicted molar refractivity (Wildman–Crippen MR) is 65.5 cm³/mol. The van der Waals surface area contributed by atoms with E-state index >= 15 is 0 Å². The van der Waals surface area contributed by atoms with Crippen LogP contribution in [0.25, 0.3) is 0 Å². The van der Waals surface area contributed by atoms with Gasteiger partial charge in [0.15, 0.2) is 0 Å². The Morgan fingerprint density at radius 1 is 1.25 bits per heavy atom. The highest BCUT2D eigenvalue weighted by molar-refractivity contribution is 5.66. The second-order valence-corrected chi connectivity index (χ2v) is 4.65. The van der Waals surface area contributed by atoms with E-state index in [2.05, 4.69) is 5.32 Å². The van der Waals surface area contributed by atoms with Gasteiger partial charge in [-0.15, -0.1) is 0 Å². The maximum Gasteiger partial charge on any atom is 0.407 e. The highest BCUT2D eigenvalue weighted by Crippen LogP contribution is 2.26. The molecule has 1 aliphatic rings. The molecule has 0 aromatic heterocycles. The highest BCUT2D eigenvalue weighted by Gasteiger charge is 2.11. The summed E-state index contributed by atoms with van der Waals surface area (Å²) in [6.45, 7) is 3.04. The van der Waals surface area contributed by atoms with E-state index in [9.17, 15) is 4.79 Å². The fraction of sp³-hybridized carbons (Fsp3) is 0.923. The first-order valence-electron chi connectivity index (χ1n) is 6.73. The third-order valence-corrected chi connectivity index (χ3v) is 3.31. The molecule has 1 amide bonds. The van der Waals surface area contributed by atoms with Crippen molar-refractivity contribution >= 4 is 6.09 Å². The van der Waals surface area contributed by atoms with Crippen LogP contribution in [0.5, 0.6) is 0 Å². The van der Waals surface area contributed by atoms with E-state index in [1.54, 1.807) is 0 Å². The first-order valence-corrected chi connectivity index (χ1v) is 6.73. The second-order valence-electron chi connectivity index (χ2n) is 4.65. The molecule has 1 saturated carbocycles. The van der Waals surface area contributed by atoms with E-state index < -0.39 is 0 Å². The zero-order valence-electron chi connectivity index (χ0n) is 10.5. The van der Waals surface area contributed by atoms with Gasteiger partial charge < -0.3 is 10.1 Å². The van der Waals surface area contributed by atoms with Gasteiger partial charge in [-0.2, -0.15) is 0 Å². The summed E-state index contributed by atoms with van der Waals surface area (Å²) in [5, 5.41) is 2.78. The minimum atomic E-state index is -0.275. The first-order chi connectivity index (χ1) is 7.83. The number of carbonyl (C=O) groups excluding carboxylic acids is 1. The Morgan fingerprint density at radius 2 is 1.94 bits per heavy atom. The van der Waals surface area contributed by atoms with Crippen molar-refractivity contribution in [3.05, 3.63) is 0 Å². The summed E-state index contributed by atoms with van der Waals surface area (Å²) in [4.78, 5) is 11.0. The molecule has 0 radical (unpaired) electrons. The maximum absolute atomic E-state index is 11.0. The van der Waals surface area contributed by atoms with E-state index in [0.29, 0.717) is 6.61 Å². The SMILES string of the molecule is CCOC(=O)NCCCC1CCCCCC1. The average molecular weight is 227 g/mol. The van der Waals surface area contributed by atoms with Gasteiger partial charge in [-0.3, -0.25) is 0 Å². The number of amides is 1. The lowest BCUT2D eigenvalue weighted by molar-refractivity contribution is 0.152. The highest BCUT2D eigenvalue weighted by atomic mass is 16.5. The van der Waals surface area contributed by atoms with Gasteiger partial charge in [0.05, 0.1) is 6.61 Å². The van der Waals surface area contributed by atoms with Crippen LogP contribution in [0.2, 0.25) is 0 Å². The second kappa shape index (κ2) is 8.43. The molecule has 3 nitrogen and oxygen atoms in total. The Labute approximate surface area is 98.9 Å². The van der Waals surface area contributed by atoms with Crippen molar-refractivity contribution in [3.63, 3.8) is 0 Å². The van der Waals surface area contributed by atoms with Crippen LogP contribution < -0.4 is 5.32 Å². The van der Waals surface area contributed by atoms with Gasteiger partial charge in [0.25, 0.3) is 0 Å². The van der Waals surface area contributed by atoms with Crippen LogP contribution in [0.1, 0.15) is 58.3 Å². The summed E-state index contributed by atoms with van der Waals surface area (Å²) in [6.07, 6.45) is 10.5. The molecular weight excluding hydrogens is 202 g/mol. The van der Waals surface area contributed by atoms with Gasteiger partial charge in [0, 0.05) is 6.54 Å². The topological polar surface area (TPSA) is 38.3 Å². The zero-order chi connectivity index (χ0) is 11.6. The molecule has 0 unspecified atom stereocenters. The number of rotatable bonds is 5. The Hall–Kier alpha value is -0.730. The van der Waals surface area contributed by atoms with E-state index in [1.165, 1.54) is 44.9 Å². The minimum absolute atomic E-state index is 0.275. The maximum atomic E-state index is 11.0. The predicted octanol–water partition coefficient (Wildman–Crippen LogP) is 3.48. The van der Waals surface area contributed by atoms with Crippen LogP contribution in [0.4, 0.5) is 4.79 Å². The summed E-state index contributed by atoms with van der Waals surface area (Å²) in [5.74, 6) is 0.895. The summed E-state index contributed by atoms with van der Waals surface area (Å²) in [6, 6.07) is 0. The molecule has 16 heavy (non-hydrogen) atoms. The van der Waals surface area contributed by atoms with Crippen LogP contribution in [0.15, 0.2) is 0 Å². The number of ether oxygens (including phenoxy) is 1. The lowest BCUT2D eigenvalue weighted by atomic mass is 9.95. The molecule has 0 aromatic carbocycles. The van der Waals surface area contributed by atoms with Crippen LogP contribution >= 0.6 is 0 Å². The molecule has 1 aliphatic carbocycles. The molecule has 3 heteroatoms. The van der Waals surface area contributed by atoms with Crippen molar-refractivity contribution < 1.29 is 9.53 Å². The molecule has 0 aromatic rings. The Kier molecular flexibility index (Phi) is 7.02. The average Bonchev–Trinajstić information content (AvgIpc) is 2.53. The van der Waals surface area contributed by atoms with Crippen molar-refractivity contribution in [1.29, 1.82) is 0 Å². The van der Waals surface area contributed by atoms with E-state index in [0.717, 1.165) is 18.9 Å². The molecule has 0 spiro atoms. The third-order valence-electron chi connectivity index (χ3n) is 3.31. The molecular formula is C13H25NO2. The number of alkyl carbamates (subject to hydrolysis) is 1. The summed E-state index contributed by atoms with van der Waals surface area (Å²) < 4.78 is 4.80. The molecule has 0 saturated heterocycles. The Balaban J connectivity index is 1.99. The quantitative estimate of drug-likeness (QED) is 0.577. The monoisotopic (exact) mass is 227 g/mol. The molecule has 1 N–H and O–H groups in total. The summed E-state index contributed by atoms with van der Waals surface area (Å²) in [7, 11) is 0. The van der Waals surface area contributed by atoms with E-state index in [1.807, 2.05) is 6.92 Å². The molecule has 94 valence electrons. The van der Waals surface area contributed by atoms with Crippen molar-refractivity contribution in [2.45, 2.75) is 58.3 Å². The van der Waals surface area contributed by atoms with Crippen molar-refractivity contribution in [3.8, 4) is 0 Å². The number of hydrogen-bond acceptors (Lipinski definition) is 2. The first kappa shape index (κ1) is 13.3. The van der Waals surface area contributed by atoms with Gasteiger partial charge in [-0.1, -0.05) is 38.5 Å². The number of carbonyl (C=O) groups is 1. The zero-order valence-corrected chi connectivity index (χ0v) is 10.5. The van der Waals surface area contributed by atoms with Crippen LogP contribution in [-0.4, -0.2) is 19.2 Å². The van der Waals surface area contributed by atoms with Crippen LogP contribution in [0, 0.1) is 5.92 Å².